The maximum Gasteiger partial charge on any atom is 0.141 e. The summed E-state index contributed by atoms with van der Waals surface area (Å²) in [6, 6.07) is 13.1. The molecular weight excluding hydrogens is 429 g/mol. The Balaban J connectivity index is 1.77. The predicted octanol–water partition coefficient (Wildman–Crippen LogP) is 6.18. The lowest BCUT2D eigenvalue weighted by atomic mass is 9.95. The SMILES string of the molecule is CC1=C(c2nc3ccc(Cl)cc3n2C)C(c2ccc(Cl)c(Cl)c2)n2nccc2N1. The van der Waals surface area contributed by atoms with Crippen LogP contribution in [0.3, 0.4) is 0 Å². The molecule has 146 valence electrons. The molecule has 1 unspecified atom stereocenters. The number of anilines is 1. The average molecular weight is 445 g/mol. The second-order valence-electron chi connectivity index (χ2n) is 7.03. The normalized spacial score (nSPS) is 16.2. The molecule has 5 rings (SSSR count). The lowest BCUT2D eigenvalue weighted by Crippen LogP contribution is -2.25. The summed E-state index contributed by atoms with van der Waals surface area (Å²) >= 11 is 18.7. The number of nitrogens with one attached hydrogen (secondary N) is 1. The molecule has 0 bridgehead atoms. The summed E-state index contributed by atoms with van der Waals surface area (Å²) in [7, 11) is 1.99. The zero-order chi connectivity index (χ0) is 20.3. The topological polar surface area (TPSA) is 47.7 Å². The zero-order valence-corrected chi connectivity index (χ0v) is 17.9. The molecule has 2 aromatic heterocycles. The number of imidazole rings is 1. The minimum atomic E-state index is -0.206. The van der Waals surface area contributed by atoms with Gasteiger partial charge in [-0.15, -0.1) is 0 Å². The Labute approximate surface area is 182 Å². The minimum Gasteiger partial charge on any atom is -0.344 e. The highest BCUT2D eigenvalue weighted by atomic mass is 35.5. The highest BCUT2D eigenvalue weighted by Crippen LogP contribution is 2.42. The number of hydrogen-bond acceptors (Lipinski definition) is 3. The van der Waals surface area contributed by atoms with Gasteiger partial charge in [0.2, 0.25) is 0 Å². The molecule has 0 saturated carbocycles. The first-order valence-corrected chi connectivity index (χ1v) is 10.2. The molecule has 4 aromatic rings. The minimum absolute atomic E-state index is 0.206. The first-order chi connectivity index (χ1) is 13.9. The van der Waals surface area contributed by atoms with Crippen LogP contribution in [-0.2, 0) is 7.05 Å². The standard InChI is InChI=1S/C21H16Cl3N5/c1-11-19(21-27-16-6-4-13(22)10-17(16)28(21)2)20(29-18(26-11)7-8-25-29)12-3-5-14(23)15(24)9-12/h3-10,20,26H,1-2H3. The van der Waals surface area contributed by atoms with Gasteiger partial charge in [0.15, 0.2) is 0 Å². The number of hydrogen-bond donors (Lipinski definition) is 1. The molecule has 0 aliphatic carbocycles. The monoisotopic (exact) mass is 443 g/mol. The lowest BCUT2D eigenvalue weighted by Gasteiger charge is -2.30. The van der Waals surface area contributed by atoms with Gasteiger partial charge in [0, 0.05) is 29.4 Å². The Morgan fingerprint density at radius 2 is 1.83 bits per heavy atom. The molecular formula is C21H16Cl3N5. The largest absolute Gasteiger partial charge is 0.344 e. The van der Waals surface area contributed by atoms with Crippen molar-refractivity contribution < 1.29 is 0 Å². The molecule has 5 nitrogen and oxygen atoms in total. The summed E-state index contributed by atoms with van der Waals surface area (Å²) in [5, 5.41) is 9.70. The van der Waals surface area contributed by atoms with Gasteiger partial charge in [0.25, 0.3) is 0 Å². The van der Waals surface area contributed by atoms with Crippen LogP contribution in [0.2, 0.25) is 15.1 Å². The van der Waals surface area contributed by atoms with Gasteiger partial charge in [-0.3, -0.25) is 0 Å². The van der Waals surface area contributed by atoms with Gasteiger partial charge in [-0.1, -0.05) is 40.9 Å². The van der Waals surface area contributed by atoms with Gasteiger partial charge in [-0.2, -0.15) is 5.10 Å². The van der Waals surface area contributed by atoms with E-state index in [-0.39, 0.29) is 6.04 Å². The fourth-order valence-corrected chi connectivity index (χ4v) is 4.36. The first-order valence-electron chi connectivity index (χ1n) is 9.02. The predicted molar refractivity (Wildman–Crippen MR) is 119 cm³/mol. The fourth-order valence-electron chi connectivity index (χ4n) is 3.89. The first kappa shape index (κ1) is 18.6. The Bertz CT molecular complexity index is 1300. The maximum absolute atomic E-state index is 6.35. The van der Waals surface area contributed by atoms with Crippen LogP contribution in [-0.4, -0.2) is 19.3 Å². The van der Waals surface area contributed by atoms with Crippen molar-refractivity contribution in [3.63, 3.8) is 0 Å². The number of fused-ring (bicyclic) bond motifs is 2. The van der Waals surface area contributed by atoms with Crippen molar-refractivity contribution in [2.45, 2.75) is 13.0 Å². The van der Waals surface area contributed by atoms with Crippen LogP contribution in [0, 0.1) is 0 Å². The van der Waals surface area contributed by atoms with Gasteiger partial charge in [0.05, 0.1) is 27.3 Å². The molecule has 0 amide bonds. The third-order valence-electron chi connectivity index (χ3n) is 5.25. The van der Waals surface area contributed by atoms with Crippen molar-refractivity contribution >= 4 is 57.2 Å². The summed E-state index contributed by atoms with van der Waals surface area (Å²) in [5.41, 5.74) is 4.83. The van der Waals surface area contributed by atoms with Crippen molar-refractivity contribution in [3.05, 3.63) is 80.8 Å². The fraction of sp³-hybridized carbons (Fsp3) is 0.143. The van der Waals surface area contributed by atoms with E-state index in [1.54, 1.807) is 6.20 Å². The maximum atomic E-state index is 6.35. The highest BCUT2D eigenvalue weighted by molar-refractivity contribution is 6.42. The number of halogens is 3. The Morgan fingerprint density at radius 3 is 2.62 bits per heavy atom. The Kier molecular flexibility index (Phi) is 4.35. The summed E-state index contributed by atoms with van der Waals surface area (Å²) in [6.45, 7) is 2.04. The van der Waals surface area contributed by atoms with E-state index >= 15 is 0 Å². The molecule has 1 aliphatic heterocycles. The number of aryl methyl sites for hydroxylation is 1. The van der Waals surface area contributed by atoms with Gasteiger partial charge in [0.1, 0.15) is 17.7 Å². The van der Waals surface area contributed by atoms with Crippen molar-refractivity contribution in [3.8, 4) is 0 Å². The van der Waals surface area contributed by atoms with Gasteiger partial charge in [-0.25, -0.2) is 9.67 Å². The molecule has 2 aromatic carbocycles. The second-order valence-corrected chi connectivity index (χ2v) is 8.28. The van der Waals surface area contributed by atoms with Crippen LogP contribution in [0.15, 0.2) is 54.4 Å². The van der Waals surface area contributed by atoms with Crippen LogP contribution >= 0.6 is 34.8 Å². The van der Waals surface area contributed by atoms with E-state index in [0.717, 1.165) is 39.5 Å². The van der Waals surface area contributed by atoms with Crippen molar-refractivity contribution in [2.75, 3.05) is 5.32 Å². The average Bonchev–Trinajstić information content (AvgIpc) is 3.27. The van der Waals surface area contributed by atoms with E-state index in [1.165, 1.54) is 0 Å². The summed E-state index contributed by atoms with van der Waals surface area (Å²) in [4.78, 5) is 4.91. The van der Waals surface area contributed by atoms with Crippen LogP contribution < -0.4 is 5.32 Å². The van der Waals surface area contributed by atoms with Gasteiger partial charge < -0.3 is 9.88 Å². The molecule has 1 aliphatic rings. The number of aromatic nitrogens is 4. The van der Waals surface area contributed by atoms with E-state index in [4.69, 9.17) is 39.8 Å². The van der Waals surface area contributed by atoms with E-state index in [2.05, 4.69) is 15.0 Å². The van der Waals surface area contributed by atoms with Gasteiger partial charge in [-0.05, 0) is 42.8 Å². The van der Waals surface area contributed by atoms with Crippen molar-refractivity contribution in [2.24, 2.45) is 7.05 Å². The number of nitrogens with zero attached hydrogens (tertiary/aromatic N) is 4. The number of allylic oxidation sites excluding steroid dienone is 2. The third-order valence-corrected chi connectivity index (χ3v) is 6.23. The number of benzene rings is 2. The molecule has 29 heavy (non-hydrogen) atoms. The zero-order valence-electron chi connectivity index (χ0n) is 15.6. The molecule has 0 spiro atoms. The Morgan fingerprint density at radius 1 is 1.00 bits per heavy atom. The van der Waals surface area contributed by atoms with Crippen LogP contribution in [0.5, 0.6) is 0 Å². The number of rotatable bonds is 2. The Hall–Kier alpha value is -2.47. The van der Waals surface area contributed by atoms with E-state index in [1.807, 2.05) is 61.1 Å². The molecule has 1 N–H and O–H groups in total. The van der Waals surface area contributed by atoms with Crippen molar-refractivity contribution in [1.82, 2.24) is 19.3 Å². The quantitative estimate of drug-likeness (QED) is 0.402. The van der Waals surface area contributed by atoms with Crippen LogP contribution in [0.1, 0.15) is 24.4 Å². The molecule has 3 heterocycles. The molecule has 0 saturated heterocycles. The smallest absolute Gasteiger partial charge is 0.141 e. The van der Waals surface area contributed by atoms with E-state index in [9.17, 15) is 0 Å². The molecule has 1 atom stereocenters. The summed E-state index contributed by atoms with van der Waals surface area (Å²) in [6.07, 6.45) is 1.78. The van der Waals surface area contributed by atoms with E-state index < -0.39 is 0 Å². The highest BCUT2D eigenvalue weighted by Gasteiger charge is 2.32. The molecule has 0 radical (unpaired) electrons. The summed E-state index contributed by atoms with van der Waals surface area (Å²) in [5.74, 6) is 1.74. The van der Waals surface area contributed by atoms with Crippen molar-refractivity contribution in [1.29, 1.82) is 0 Å². The third kappa shape index (κ3) is 2.92. The second kappa shape index (κ2) is 6.80. The van der Waals surface area contributed by atoms with Crippen LogP contribution in [0.25, 0.3) is 16.6 Å². The van der Waals surface area contributed by atoms with E-state index in [0.29, 0.717) is 15.1 Å². The van der Waals surface area contributed by atoms with Gasteiger partial charge >= 0.3 is 0 Å². The molecule has 0 fully saturated rings. The van der Waals surface area contributed by atoms with Crippen LogP contribution in [0.4, 0.5) is 5.82 Å². The molecule has 8 heteroatoms. The summed E-state index contributed by atoms with van der Waals surface area (Å²) < 4.78 is 4.00. The lowest BCUT2D eigenvalue weighted by molar-refractivity contribution is 0.613.